The maximum absolute atomic E-state index is 12.6. The third kappa shape index (κ3) is 5.15. The van der Waals surface area contributed by atoms with Crippen molar-refractivity contribution in [3.05, 3.63) is 60.6 Å². The summed E-state index contributed by atoms with van der Waals surface area (Å²) < 4.78 is 35.2. The van der Waals surface area contributed by atoms with E-state index in [2.05, 4.69) is 30.0 Å². The van der Waals surface area contributed by atoms with Gasteiger partial charge in [0.25, 0.3) is 10.0 Å². The largest absolute Gasteiger partial charge is 0.439 e. The van der Waals surface area contributed by atoms with Crippen LogP contribution >= 0.6 is 11.3 Å². The molecule has 0 unspecified atom stereocenters. The van der Waals surface area contributed by atoms with Gasteiger partial charge in [-0.05, 0) is 38.1 Å². The van der Waals surface area contributed by atoms with Gasteiger partial charge < -0.3 is 10.1 Å². The molecule has 3 heterocycles. The Kier molecular flexibility index (Phi) is 6.07. The summed E-state index contributed by atoms with van der Waals surface area (Å²) >= 11 is 0.855. The lowest BCUT2D eigenvalue weighted by Gasteiger charge is -2.09. The summed E-state index contributed by atoms with van der Waals surface area (Å²) in [5.74, 6) is 1.08. The zero-order valence-corrected chi connectivity index (χ0v) is 19.4. The number of thiazole rings is 1. The van der Waals surface area contributed by atoms with Crippen LogP contribution in [0.1, 0.15) is 18.3 Å². The van der Waals surface area contributed by atoms with Crippen LogP contribution in [0.4, 0.5) is 10.8 Å². The molecule has 1 amide bonds. The monoisotopic (exact) mass is 485 g/mol. The van der Waals surface area contributed by atoms with Gasteiger partial charge in [-0.3, -0.25) is 14.1 Å². The van der Waals surface area contributed by atoms with Gasteiger partial charge in [-0.1, -0.05) is 11.3 Å². The number of nitrogens with zero attached hydrogens (tertiary/aromatic N) is 5. The molecule has 13 heteroatoms. The van der Waals surface area contributed by atoms with Gasteiger partial charge in [0.05, 0.1) is 11.9 Å². The molecule has 4 aromatic rings. The lowest BCUT2D eigenvalue weighted by atomic mass is 10.3. The summed E-state index contributed by atoms with van der Waals surface area (Å²) in [7, 11) is -3.85. The second kappa shape index (κ2) is 8.96. The standard InChI is InChI=1S/C20H19N7O4S2/c1-12-13(2)27(11-24-12)17-8-18(23-10-22-17)31-16-6-4-15(5-7-16)26-33(29,30)19-9-21-20(32-19)25-14(3)28/h4-11,26H,1-3H3,(H,21,25,28). The number of hydrogen-bond acceptors (Lipinski definition) is 9. The maximum Gasteiger partial charge on any atom is 0.273 e. The Hall–Kier alpha value is -3.84. The fourth-order valence-corrected chi connectivity index (χ4v) is 4.89. The highest BCUT2D eigenvalue weighted by molar-refractivity contribution is 7.94. The number of nitrogens with one attached hydrogen (secondary N) is 2. The molecule has 3 aromatic heterocycles. The average molecular weight is 486 g/mol. The van der Waals surface area contributed by atoms with Crippen LogP contribution in [0.15, 0.2) is 53.4 Å². The number of carbonyl (C=O) groups excluding carboxylic acids is 1. The number of aryl methyl sites for hydroxylation is 1. The van der Waals surface area contributed by atoms with Crippen LogP contribution in [0.5, 0.6) is 11.6 Å². The first-order valence-electron chi connectivity index (χ1n) is 9.58. The van der Waals surface area contributed by atoms with Gasteiger partial charge in [-0.25, -0.2) is 28.4 Å². The van der Waals surface area contributed by atoms with Gasteiger partial charge in [0.15, 0.2) is 9.34 Å². The number of carbonyl (C=O) groups is 1. The van der Waals surface area contributed by atoms with Gasteiger partial charge in [0.2, 0.25) is 11.8 Å². The molecule has 0 atom stereocenters. The Balaban J connectivity index is 1.45. The Labute approximate surface area is 193 Å². The molecule has 0 spiro atoms. The minimum Gasteiger partial charge on any atom is -0.439 e. The molecule has 0 radical (unpaired) electrons. The van der Waals surface area contributed by atoms with Gasteiger partial charge in [0, 0.05) is 24.4 Å². The highest BCUT2D eigenvalue weighted by Gasteiger charge is 2.18. The summed E-state index contributed by atoms with van der Waals surface area (Å²) in [6.07, 6.45) is 4.26. The van der Waals surface area contributed by atoms with Crippen LogP contribution < -0.4 is 14.8 Å². The molecule has 1 aromatic carbocycles. The Bertz CT molecular complexity index is 1410. The van der Waals surface area contributed by atoms with E-state index in [1.165, 1.54) is 19.4 Å². The highest BCUT2D eigenvalue weighted by atomic mass is 32.2. The van der Waals surface area contributed by atoms with E-state index in [9.17, 15) is 13.2 Å². The van der Waals surface area contributed by atoms with E-state index in [0.717, 1.165) is 22.7 Å². The average Bonchev–Trinajstić information content (AvgIpc) is 3.36. The molecule has 0 saturated carbocycles. The zero-order chi connectivity index (χ0) is 23.6. The van der Waals surface area contributed by atoms with E-state index in [4.69, 9.17) is 4.74 Å². The molecule has 170 valence electrons. The molecule has 0 aliphatic carbocycles. The number of rotatable bonds is 7. The molecule has 0 aliphatic rings. The number of amides is 1. The van der Waals surface area contributed by atoms with E-state index in [1.54, 1.807) is 36.7 Å². The minimum atomic E-state index is -3.85. The molecule has 33 heavy (non-hydrogen) atoms. The Morgan fingerprint density at radius 2 is 1.85 bits per heavy atom. The van der Waals surface area contributed by atoms with Crippen molar-refractivity contribution in [2.75, 3.05) is 10.0 Å². The first-order chi connectivity index (χ1) is 15.7. The van der Waals surface area contributed by atoms with E-state index in [-0.39, 0.29) is 15.2 Å². The number of aromatic nitrogens is 5. The van der Waals surface area contributed by atoms with Crippen molar-refractivity contribution in [2.24, 2.45) is 0 Å². The summed E-state index contributed by atoms with van der Waals surface area (Å²) in [5.41, 5.74) is 2.20. The van der Waals surface area contributed by atoms with Crippen molar-refractivity contribution in [1.82, 2.24) is 24.5 Å². The van der Waals surface area contributed by atoms with Crippen LogP contribution in [0.25, 0.3) is 5.82 Å². The second-order valence-electron chi connectivity index (χ2n) is 6.90. The molecular weight excluding hydrogens is 466 g/mol. The van der Waals surface area contributed by atoms with E-state index < -0.39 is 10.0 Å². The maximum atomic E-state index is 12.6. The van der Waals surface area contributed by atoms with Crippen molar-refractivity contribution < 1.29 is 17.9 Å². The first-order valence-corrected chi connectivity index (χ1v) is 11.9. The van der Waals surface area contributed by atoms with E-state index >= 15 is 0 Å². The predicted molar refractivity (Wildman–Crippen MR) is 122 cm³/mol. The fraction of sp³-hybridized carbons (Fsp3) is 0.150. The van der Waals surface area contributed by atoms with Gasteiger partial charge in [-0.15, -0.1) is 0 Å². The quantitative estimate of drug-likeness (QED) is 0.406. The molecule has 11 nitrogen and oxygen atoms in total. The van der Waals surface area contributed by atoms with Crippen molar-refractivity contribution in [1.29, 1.82) is 0 Å². The molecule has 0 bridgehead atoms. The Morgan fingerprint density at radius 3 is 2.52 bits per heavy atom. The van der Waals surface area contributed by atoms with Crippen molar-refractivity contribution in [3.63, 3.8) is 0 Å². The van der Waals surface area contributed by atoms with Gasteiger partial charge in [-0.2, -0.15) is 0 Å². The number of sulfonamides is 1. The van der Waals surface area contributed by atoms with E-state index in [1.807, 2.05) is 18.4 Å². The summed E-state index contributed by atoms with van der Waals surface area (Å²) in [6, 6.07) is 8.03. The van der Waals surface area contributed by atoms with Crippen LogP contribution in [-0.4, -0.2) is 38.8 Å². The fourth-order valence-electron chi connectivity index (χ4n) is 2.76. The normalized spacial score (nSPS) is 11.2. The minimum absolute atomic E-state index is 0.0230. The van der Waals surface area contributed by atoms with Crippen molar-refractivity contribution in [3.8, 4) is 17.4 Å². The van der Waals surface area contributed by atoms with Crippen molar-refractivity contribution >= 4 is 38.1 Å². The van der Waals surface area contributed by atoms with Gasteiger partial charge >= 0.3 is 0 Å². The predicted octanol–water partition coefficient (Wildman–Crippen LogP) is 3.29. The topological polar surface area (TPSA) is 141 Å². The Morgan fingerprint density at radius 1 is 1.09 bits per heavy atom. The van der Waals surface area contributed by atoms with Crippen LogP contribution in [0.2, 0.25) is 0 Å². The number of hydrogen-bond donors (Lipinski definition) is 2. The van der Waals surface area contributed by atoms with Gasteiger partial charge in [0.1, 0.15) is 24.2 Å². The number of benzene rings is 1. The molecule has 0 aliphatic heterocycles. The molecule has 4 rings (SSSR count). The smallest absolute Gasteiger partial charge is 0.273 e. The molecular formula is C20H19N7O4S2. The third-order valence-corrected chi connectivity index (χ3v) is 7.24. The molecule has 0 saturated heterocycles. The summed E-state index contributed by atoms with van der Waals surface area (Å²) in [4.78, 5) is 27.6. The second-order valence-corrected chi connectivity index (χ2v) is 9.84. The lowest BCUT2D eigenvalue weighted by molar-refractivity contribution is -0.114. The third-order valence-electron chi connectivity index (χ3n) is 4.49. The van der Waals surface area contributed by atoms with Crippen LogP contribution in [-0.2, 0) is 14.8 Å². The summed E-state index contributed by atoms with van der Waals surface area (Å²) in [5, 5.41) is 2.66. The lowest BCUT2D eigenvalue weighted by Crippen LogP contribution is -2.11. The molecule has 2 N–H and O–H groups in total. The first kappa shape index (κ1) is 22.4. The van der Waals surface area contributed by atoms with E-state index in [0.29, 0.717) is 23.1 Å². The van der Waals surface area contributed by atoms with Crippen LogP contribution in [0, 0.1) is 13.8 Å². The van der Waals surface area contributed by atoms with Crippen molar-refractivity contribution in [2.45, 2.75) is 25.0 Å². The number of ether oxygens (including phenoxy) is 1. The van der Waals surface area contributed by atoms with Crippen LogP contribution in [0.3, 0.4) is 0 Å². The SMILES string of the molecule is CC(=O)Nc1ncc(S(=O)(=O)Nc2ccc(Oc3cc(-n4cnc(C)c4C)ncn3)cc2)s1. The summed E-state index contributed by atoms with van der Waals surface area (Å²) in [6.45, 7) is 5.17. The zero-order valence-electron chi connectivity index (χ0n) is 17.8. The highest BCUT2D eigenvalue weighted by Crippen LogP contribution is 2.27. The number of anilines is 2. The number of imidazole rings is 1. The molecule has 0 fully saturated rings.